The van der Waals surface area contributed by atoms with Crippen LogP contribution in [-0.4, -0.2) is 19.8 Å². The molecule has 0 saturated heterocycles. The molecule has 0 aliphatic rings. The maximum atomic E-state index is 5.62. The number of rotatable bonds is 8. The van der Waals surface area contributed by atoms with Crippen LogP contribution in [0, 0.1) is 0 Å². The third-order valence-corrected chi connectivity index (χ3v) is 2.77. The number of anilines is 1. The molecule has 106 valence electrons. The molecule has 3 heteroatoms. The molecule has 20 heavy (non-hydrogen) atoms. The van der Waals surface area contributed by atoms with Crippen molar-refractivity contribution in [3.8, 4) is 11.5 Å². The predicted octanol–water partition coefficient (Wildman–Crippen LogP) is 3.97. The number of nitrogens with one attached hydrogen (secondary N) is 1. The summed E-state index contributed by atoms with van der Waals surface area (Å²) in [5, 5.41) is 3.32. The summed E-state index contributed by atoms with van der Waals surface area (Å²) in [7, 11) is 0. The van der Waals surface area contributed by atoms with Crippen LogP contribution < -0.4 is 14.8 Å². The number of ether oxygens (including phenoxy) is 2. The average molecular weight is 271 g/mol. The molecule has 0 aliphatic carbocycles. The molecule has 2 aromatic carbocycles. The molecule has 1 N–H and O–H groups in total. The smallest absolute Gasteiger partial charge is 0.119 e. The van der Waals surface area contributed by atoms with Gasteiger partial charge in [0.25, 0.3) is 0 Å². The largest absolute Gasteiger partial charge is 0.494 e. The lowest BCUT2D eigenvalue weighted by atomic mass is 10.3. The highest BCUT2D eigenvalue weighted by Crippen LogP contribution is 2.15. The molecule has 0 atom stereocenters. The second-order valence-electron chi connectivity index (χ2n) is 4.46. The van der Waals surface area contributed by atoms with Gasteiger partial charge in [0.05, 0.1) is 6.61 Å². The van der Waals surface area contributed by atoms with E-state index in [0.29, 0.717) is 6.61 Å². The summed E-state index contributed by atoms with van der Waals surface area (Å²) >= 11 is 0. The molecule has 0 aliphatic heterocycles. The molecule has 2 aromatic rings. The number of benzene rings is 2. The lowest BCUT2D eigenvalue weighted by Crippen LogP contribution is -2.11. The zero-order valence-electron chi connectivity index (χ0n) is 11.8. The van der Waals surface area contributed by atoms with Crippen LogP contribution in [0.3, 0.4) is 0 Å². The first-order valence-corrected chi connectivity index (χ1v) is 7.03. The highest BCUT2D eigenvalue weighted by atomic mass is 16.5. The van der Waals surface area contributed by atoms with Crippen molar-refractivity contribution in [1.29, 1.82) is 0 Å². The van der Waals surface area contributed by atoms with Gasteiger partial charge in [-0.15, -0.1) is 0 Å². The Morgan fingerprint density at radius 3 is 2.15 bits per heavy atom. The van der Waals surface area contributed by atoms with Gasteiger partial charge in [0, 0.05) is 12.2 Å². The first kappa shape index (κ1) is 14.3. The Morgan fingerprint density at radius 1 is 0.800 bits per heavy atom. The van der Waals surface area contributed by atoms with E-state index in [9.17, 15) is 0 Å². The Bertz CT molecular complexity index is 482. The van der Waals surface area contributed by atoms with E-state index in [0.717, 1.165) is 36.8 Å². The fraction of sp³-hybridized carbons (Fsp3) is 0.294. The van der Waals surface area contributed by atoms with Crippen molar-refractivity contribution in [1.82, 2.24) is 0 Å². The highest BCUT2D eigenvalue weighted by molar-refractivity contribution is 5.46. The van der Waals surface area contributed by atoms with E-state index in [1.165, 1.54) is 0 Å². The van der Waals surface area contributed by atoms with E-state index in [-0.39, 0.29) is 0 Å². The second-order valence-corrected chi connectivity index (χ2v) is 4.46. The van der Waals surface area contributed by atoms with Gasteiger partial charge in [-0.1, -0.05) is 25.1 Å². The number of hydrogen-bond acceptors (Lipinski definition) is 3. The van der Waals surface area contributed by atoms with Crippen molar-refractivity contribution < 1.29 is 9.47 Å². The van der Waals surface area contributed by atoms with Gasteiger partial charge in [0.15, 0.2) is 0 Å². The fourth-order valence-electron chi connectivity index (χ4n) is 1.77. The van der Waals surface area contributed by atoms with Crippen LogP contribution >= 0.6 is 0 Å². The maximum absolute atomic E-state index is 5.62. The topological polar surface area (TPSA) is 30.5 Å². The maximum Gasteiger partial charge on any atom is 0.119 e. The summed E-state index contributed by atoms with van der Waals surface area (Å²) in [4.78, 5) is 0. The molecule has 0 unspecified atom stereocenters. The van der Waals surface area contributed by atoms with Gasteiger partial charge in [0.1, 0.15) is 18.1 Å². The number of para-hydroxylation sites is 1. The summed E-state index contributed by atoms with van der Waals surface area (Å²) in [6.07, 6.45) is 1.02. The standard InChI is InChI=1S/C17H21NO2/c1-2-13-19-17-10-8-15(9-11-17)18-12-14-20-16-6-4-3-5-7-16/h3-11,18H,2,12-14H2,1H3. The molecule has 0 radical (unpaired) electrons. The molecule has 0 fully saturated rings. The molecule has 0 bridgehead atoms. The minimum atomic E-state index is 0.637. The van der Waals surface area contributed by atoms with Gasteiger partial charge in [-0.2, -0.15) is 0 Å². The Morgan fingerprint density at radius 2 is 1.45 bits per heavy atom. The minimum absolute atomic E-state index is 0.637. The Kier molecular flexibility index (Phi) is 5.77. The summed E-state index contributed by atoms with van der Waals surface area (Å²) in [5.41, 5.74) is 1.07. The molecular weight excluding hydrogens is 250 g/mol. The third kappa shape index (κ3) is 4.84. The van der Waals surface area contributed by atoms with Gasteiger partial charge in [-0.3, -0.25) is 0 Å². The Labute approximate surface area is 120 Å². The molecule has 0 saturated carbocycles. The lowest BCUT2D eigenvalue weighted by Gasteiger charge is -2.09. The molecule has 0 heterocycles. The van der Waals surface area contributed by atoms with Crippen molar-refractivity contribution in [3.63, 3.8) is 0 Å². The third-order valence-electron chi connectivity index (χ3n) is 2.77. The van der Waals surface area contributed by atoms with Crippen LogP contribution in [0.15, 0.2) is 54.6 Å². The van der Waals surface area contributed by atoms with Crippen LogP contribution in [0.5, 0.6) is 11.5 Å². The molecular formula is C17H21NO2. The molecule has 0 amide bonds. The van der Waals surface area contributed by atoms with Crippen LogP contribution in [0.4, 0.5) is 5.69 Å². The SMILES string of the molecule is CCCOc1ccc(NCCOc2ccccc2)cc1. The van der Waals surface area contributed by atoms with Crippen LogP contribution in [0.25, 0.3) is 0 Å². The quantitative estimate of drug-likeness (QED) is 0.737. The molecule has 0 aromatic heterocycles. The van der Waals surface area contributed by atoms with Gasteiger partial charge < -0.3 is 14.8 Å². The van der Waals surface area contributed by atoms with Crippen molar-refractivity contribution in [2.24, 2.45) is 0 Å². The van der Waals surface area contributed by atoms with E-state index < -0.39 is 0 Å². The molecule has 2 rings (SSSR count). The normalized spacial score (nSPS) is 10.1. The average Bonchev–Trinajstić information content (AvgIpc) is 2.52. The fourth-order valence-corrected chi connectivity index (χ4v) is 1.77. The van der Waals surface area contributed by atoms with Crippen molar-refractivity contribution >= 4 is 5.69 Å². The van der Waals surface area contributed by atoms with E-state index in [4.69, 9.17) is 9.47 Å². The van der Waals surface area contributed by atoms with E-state index in [2.05, 4.69) is 12.2 Å². The van der Waals surface area contributed by atoms with Crippen LogP contribution in [0.2, 0.25) is 0 Å². The minimum Gasteiger partial charge on any atom is -0.494 e. The van der Waals surface area contributed by atoms with E-state index >= 15 is 0 Å². The predicted molar refractivity (Wildman–Crippen MR) is 82.7 cm³/mol. The second kappa shape index (κ2) is 8.10. The van der Waals surface area contributed by atoms with Gasteiger partial charge in [-0.05, 0) is 42.8 Å². The van der Waals surface area contributed by atoms with Crippen molar-refractivity contribution in [2.45, 2.75) is 13.3 Å². The van der Waals surface area contributed by atoms with E-state index in [1.807, 2.05) is 54.6 Å². The monoisotopic (exact) mass is 271 g/mol. The molecule has 0 spiro atoms. The summed E-state index contributed by atoms with van der Waals surface area (Å²) in [5.74, 6) is 1.82. The summed E-state index contributed by atoms with van der Waals surface area (Å²) < 4.78 is 11.2. The summed E-state index contributed by atoms with van der Waals surface area (Å²) in [6, 6.07) is 17.8. The first-order valence-electron chi connectivity index (χ1n) is 7.03. The van der Waals surface area contributed by atoms with Crippen molar-refractivity contribution in [3.05, 3.63) is 54.6 Å². The first-order chi connectivity index (χ1) is 9.88. The summed E-state index contributed by atoms with van der Waals surface area (Å²) in [6.45, 7) is 4.27. The van der Waals surface area contributed by atoms with Crippen LogP contribution in [-0.2, 0) is 0 Å². The molecule has 3 nitrogen and oxygen atoms in total. The number of hydrogen-bond donors (Lipinski definition) is 1. The van der Waals surface area contributed by atoms with Crippen LogP contribution in [0.1, 0.15) is 13.3 Å². The highest BCUT2D eigenvalue weighted by Gasteiger charge is 1.95. The van der Waals surface area contributed by atoms with Gasteiger partial charge in [-0.25, -0.2) is 0 Å². The zero-order valence-corrected chi connectivity index (χ0v) is 11.8. The zero-order chi connectivity index (χ0) is 14.0. The van der Waals surface area contributed by atoms with E-state index in [1.54, 1.807) is 0 Å². The lowest BCUT2D eigenvalue weighted by molar-refractivity contribution is 0.317. The Hall–Kier alpha value is -2.16. The van der Waals surface area contributed by atoms with Crippen molar-refractivity contribution in [2.75, 3.05) is 25.1 Å². The van der Waals surface area contributed by atoms with Gasteiger partial charge in [0.2, 0.25) is 0 Å². The Balaban J connectivity index is 1.69. The van der Waals surface area contributed by atoms with Gasteiger partial charge >= 0.3 is 0 Å².